The molecule has 5 nitrogen and oxygen atoms in total. The number of carbonyl (C=O) groups is 1. The van der Waals surface area contributed by atoms with Crippen molar-refractivity contribution in [2.45, 2.75) is 47.5 Å². The van der Waals surface area contributed by atoms with Gasteiger partial charge in [-0.1, -0.05) is 27.7 Å². The zero-order chi connectivity index (χ0) is 17.6. The van der Waals surface area contributed by atoms with Gasteiger partial charge in [-0.15, -0.1) is 0 Å². The summed E-state index contributed by atoms with van der Waals surface area (Å²) in [7, 11) is 0. The normalized spacial score (nSPS) is 11.1. The molecule has 1 rings (SSSR count). The van der Waals surface area contributed by atoms with Crippen molar-refractivity contribution in [2.75, 3.05) is 13.1 Å². The second-order valence-corrected chi connectivity index (χ2v) is 6.91. The highest BCUT2D eigenvalue weighted by molar-refractivity contribution is 5.96. The van der Waals surface area contributed by atoms with Gasteiger partial charge in [0.25, 0.3) is 11.6 Å². The van der Waals surface area contributed by atoms with Crippen LogP contribution in [0.25, 0.3) is 0 Å². The molecule has 0 heterocycles. The minimum atomic E-state index is -0.434. The molecular weight excluding hydrogens is 292 g/mol. The zero-order valence-corrected chi connectivity index (χ0v) is 14.8. The van der Waals surface area contributed by atoms with E-state index in [1.807, 2.05) is 4.90 Å². The van der Waals surface area contributed by atoms with Crippen molar-refractivity contribution < 1.29 is 9.72 Å². The van der Waals surface area contributed by atoms with Crippen molar-refractivity contribution >= 4 is 11.6 Å². The van der Waals surface area contributed by atoms with E-state index in [1.54, 1.807) is 13.0 Å². The minimum Gasteiger partial charge on any atom is -0.339 e. The van der Waals surface area contributed by atoms with Gasteiger partial charge in [-0.2, -0.15) is 0 Å². The number of nitro groups is 1. The summed E-state index contributed by atoms with van der Waals surface area (Å²) in [6.07, 6.45) is 1.91. The maximum absolute atomic E-state index is 12.8. The number of nitrogens with zero attached hydrogens (tertiary/aromatic N) is 2. The van der Waals surface area contributed by atoms with Gasteiger partial charge in [0, 0.05) is 30.8 Å². The van der Waals surface area contributed by atoms with Crippen LogP contribution in [0.4, 0.5) is 5.69 Å². The SMILES string of the molecule is Cc1cc([N+](=O)[O-])ccc1C(=O)N(CCC(C)C)CCC(C)C. The van der Waals surface area contributed by atoms with Crippen LogP contribution in [0.3, 0.4) is 0 Å². The second-order valence-electron chi connectivity index (χ2n) is 6.91. The topological polar surface area (TPSA) is 63.5 Å². The first-order valence-electron chi connectivity index (χ1n) is 8.26. The highest BCUT2D eigenvalue weighted by Crippen LogP contribution is 2.19. The molecule has 5 heteroatoms. The first-order chi connectivity index (χ1) is 10.7. The molecule has 0 atom stereocenters. The Morgan fingerprint density at radius 1 is 1.13 bits per heavy atom. The molecule has 0 saturated carbocycles. The van der Waals surface area contributed by atoms with Gasteiger partial charge >= 0.3 is 0 Å². The molecule has 0 fully saturated rings. The predicted octanol–water partition coefficient (Wildman–Crippen LogP) is 4.44. The van der Waals surface area contributed by atoms with E-state index in [9.17, 15) is 14.9 Å². The Morgan fingerprint density at radius 2 is 1.65 bits per heavy atom. The third-order valence-electron chi connectivity index (χ3n) is 3.89. The molecule has 1 amide bonds. The smallest absolute Gasteiger partial charge is 0.269 e. The van der Waals surface area contributed by atoms with E-state index in [2.05, 4.69) is 27.7 Å². The van der Waals surface area contributed by atoms with Crippen LogP contribution in [0.1, 0.15) is 56.5 Å². The second kappa shape index (κ2) is 8.65. The number of benzene rings is 1. The lowest BCUT2D eigenvalue weighted by molar-refractivity contribution is -0.384. The van der Waals surface area contributed by atoms with Crippen molar-refractivity contribution in [2.24, 2.45) is 11.8 Å². The minimum absolute atomic E-state index is 0.0231. The van der Waals surface area contributed by atoms with Crippen LogP contribution in [-0.4, -0.2) is 28.8 Å². The molecule has 0 saturated heterocycles. The molecule has 0 radical (unpaired) electrons. The lowest BCUT2D eigenvalue weighted by atomic mass is 10.0. The zero-order valence-electron chi connectivity index (χ0n) is 14.8. The summed E-state index contributed by atoms with van der Waals surface area (Å²) in [6, 6.07) is 4.45. The summed E-state index contributed by atoms with van der Waals surface area (Å²) in [5, 5.41) is 10.8. The highest BCUT2D eigenvalue weighted by Gasteiger charge is 2.20. The van der Waals surface area contributed by atoms with E-state index in [0.717, 1.165) is 25.9 Å². The first-order valence-corrected chi connectivity index (χ1v) is 8.26. The Bertz CT molecular complexity index is 541. The molecule has 0 aromatic heterocycles. The van der Waals surface area contributed by atoms with Crippen LogP contribution < -0.4 is 0 Å². The third-order valence-corrected chi connectivity index (χ3v) is 3.89. The van der Waals surface area contributed by atoms with E-state index in [-0.39, 0.29) is 11.6 Å². The van der Waals surface area contributed by atoms with Crippen LogP contribution in [0.2, 0.25) is 0 Å². The van der Waals surface area contributed by atoms with Gasteiger partial charge < -0.3 is 4.90 Å². The van der Waals surface area contributed by atoms with Gasteiger partial charge in [0.15, 0.2) is 0 Å². The summed E-state index contributed by atoms with van der Waals surface area (Å²) in [5.41, 5.74) is 1.24. The molecule has 1 aromatic carbocycles. The molecule has 128 valence electrons. The average molecular weight is 320 g/mol. The van der Waals surface area contributed by atoms with E-state index in [4.69, 9.17) is 0 Å². The molecule has 23 heavy (non-hydrogen) atoms. The van der Waals surface area contributed by atoms with Gasteiger partial charge in [-0.25, -0.2) is 0 Å². The monoisotopic (exact) mass is 320 g/mol. The van der Waals surface area contributed by atoms with Crippen molar-refractivity contribution in [3.8, 4) is 0 Å². The molecule has 0 aliphatic rings. The number of non-ortho nitro benzene ring substituents is 1. The van der Waals surface area contributed by atoms with Gasteiger partial charge in [0.2, 0.25) is 0 Å². The fourth-order valence-corrected chi connectivity index (χ4v) is 2.31. The summed E-state index contributed by atoms with van der Waals surface area (Å²) < 4.78 is 0. The fourth-order valence-electron chi connectivity index (χ4n) is 2.31. The van der Waals surface area contributed by atoms with Crippen LogP contribution in [0, 0.1) is 28.9 Å². The standard InChI is InChI=1S/C18H28N2O3/c1-13(2)8-10-19(11-9-14(3)4)18(21)17-7-6-16(20(22)23)12-15(17)5/h6-7,12-14H,8-11H2,1-5H3. The van der Waals surface area contributed by atoms with E-state index >= 15 is 0 Å². The van der Waals surface area contributed by atoms with Crippen LogP contribution >= 0.6 is 0 Å². The summed E-state index contributed by atoms with van der Waals surface area (Å²) >= 11 is 0. The summed E-state index contributed by atoms with van der Waals surface area (Å²) in [5.74, 6) is 1.03. The maximum Gasteiger partial charge on any atom is 0.269 e. The van der Waals surface area contributed by atoms with Crippen LogP contribution in [0.5, 0.6) is 0 Å². The number of aryl methyl sites for hydroxylation is 1. The van der Waals surface area contributed by atoms with E-state index < -0.39 is 4.92 Å². The number of hydrogen-bond acceptors (Lipinski definition) is 3. The Balaban J connectivity index is 2.95. The molecule has 1 aromatic rings. The Hall–Kier alpha value is -1.91. The number of hydrogen-bond donors (Lipinski definition) is 0. The van der Waals surface area contributed by atoms with Gasteiger partial charge in [-0.05, 0) is 43.2 Å². The lowest BCUT2D eigenvalue weighted by Gasteiger charge is -2.25. The number of carbonyl (C=O) groups excluding carboxylic acids is 1. The van der Waals surface area contributed by atoms with Crippen LogP contribution in [-0.2, 0) is 0 Å². The average Bonchev–Trinajstić information content (AvgIpc) is 2.45. The number of nitro benzene ring substituents is 1. The van der Waals surface area contributed by atoms with Gasteiger partial charge in [-0.3, -0.25) is 14.9 Å². The van der Waals surface area contributed by atoms with E-state index in [1.165, 1.54) is 12.1 Å². The Morgan fingerprint density at radius 3 is 2.04 bits per heavy atom. The summed E-state index contributed by atoms with van der Waals surface area (Å²) in [4.78, 5) is 25.1. The van der Waals surface area contributed by atoms with Crippen molar-refractivity contribution in [3.63, 3.8) is 0 Å². The van der Waals surface area contributed by atoms with Crippen molar-refractivity contribution in [1.82, 2.24) is 4.90 Å². The quantitative estimate of drug-likeness (QED) is 0.525. The molecule has 0 bridgehead atoms. The fraction of sp³-hybridized carbons (Fsp3) is 0.611. The molecule has 0 N–H and O–H groups in total. The Kier molecular flexibility index (Phi) is 7.20. The lowest BCUT2D eigenvalue weighted by Crippen LogP contribution is -2.34. The molecule has 0 aliphatic heterocycles. The van der Waals surface area contributed by atoms with Gasteiger partial charge in [0.05, 0.1) is 4.92 Å². The van der Waals surface area contributed by atoms with E-state index in [0.29, 0.717) is 23.0 Å². The maximum atomic E-state index is 12.8. The molecular formula is C18H28N2O3. The van der Waals surface area contributed by atoms with Gasteiger partial charge in [0.1, 0.15) is 0 Å². The molecule has 0 unspecified atom stereocenters. The van der Waals surface area contributed by atoms with Crippen molar-refractivity contribution in [3.05, 3.63) is 39.4 Å². The highest BCUT2D eigenvalue weighted by atomic mass is 16.6. The molecule has 0 aliphatic carbocycles. The summed E-state index contributed by atoms with van der Waals surface area (Å²) in [6.45, 7) is 11.8. The van der Waals surface area contributed by atoms with Crippen molar-refractivity contribution in [1.29, 1.82) is 0 Å². The molecule has 0 spiro atoms. The Labute approximate surface area is 138 Å². The third kappa shape index (κ3) is 6.00. The number of rotatable bonds is 8. The largest absolute Gasteiger partial charge is 0.339 e. The number of amides is 1. The first kappa shape index (κ1) is 19.1. The predicted molar refractivity (Wildman–Crippen MR) is 92.6 cm³/mol. The van der Waals surface area contributed by atoms with Crippen LogP contribution in [0.15, 0.2) is 18.2 Å².